The number of aliphatic hydroxyl groups excluding tert-OH is 1. The fourth-order valence-electron chi connectivity index (χ4n) is 12.5. The summed E-state index contributed by atoms with van der Waals surface area (Å²) in [5.74, 6) is 0.455. The van der Waals surface area contributed by atoms with E-state index in [1.165, 1.54) is 63.2 Å². The van der Waals surface area contributed by atoms with Crippen molar-refractivity contribution in [2.24, 2.45) is 0 Å². The minimum atomic E-state index is -0.918. The molecule has 9 rings (SSSR count). The van der Waals surface area contributed by atoms with Crippen LogP contribution in [0.2, 0.25) is 0 Å². The predicted molar refractivity (Wildman–Crippen MR) is 486 cm³/mol. The number of rotatable bonds is 49. The molecular weight excluding hydrogens is 1570 g/mol. The number of ether oxygens (including phenoxy) is 10. The van der Waals surface area contributed by atoms with Crippen molar-refractivity contribution in [3.8, 4) is 34.1 Å². The van der Waals surface area contributed by atoms with Gasteiger partial charge in [0.25, 0.3) is 0 Å². The van der Waals surface area contributed by atoms with Gasteiger partial charge in [-0.1, -0.05) is 256 Å². The molecule has 0 aromatic heterocycles. The quantitative estimate of drug-likeness (QED) is 0.00544. The summed E-state index contributed by atoms with van der Waals surface area (Å²) in [7, 11) is 0. The second-order valence-corrected chi connectivity index (χ2v) is 29.1. The van der Waals surface area contributed by atoms with E-state index >= 15 is 0 Å². The standard InChI is InChI=1S/C35H30O6.C29H36O4.C23H26O4.C10H16O5.C7H10O/c1-3-33(36)40-23-21-38-27-17-13-25(14-18-27)35(26-15-19-28(20-16-26)39-22-24-41-34(37)4-2)31-11-7-5-9-29(31)30-10-6-8-12-32(30)35;1-5-27(30)32-21-10-8-7-9-11-23-12-16-25(17-13-23)29(3,4)26-18-14-24(15-19-26)20-22-33-28(31)6-2;1-5-15-25-17-27-22-13-9-19(10-14-22)23(3,4)18-7-11-21(12-8-18)26-16-20(24)6-2;1-4-10(12)13-6-9(11)7-15-14-5-8(2)3;1-3-5-6-7(8)4-2/h3-20H,1-2,21-24H2;5-6,12-19H,1-2,7-11,20-22H2,3-4H3;5-14H,1-2,15-17H2,3-4H3;4,9,11H,1-2,5-7H2,3H3;3-4H,1-2,5-6H2. The van der Waals surface area contributed by atoms with Crippen LogP contribution >= 0.6 is 0 Å². The van der Waals surface area contributed by atoms with Crippen LogP contribution in [-0.2, 0) is 101 Å². The average Bonchev–Trinajstić information content (AvgIpc) is 1.54. The van der Waals surface area contributed by atoms with Gasteiger partial charge in [0.2, 0.25) is 0 Å². The number of hydrogen-bond acceptors (Lipinski definition) is 20. The minimum absolute atomic E-state index is 0.00418. The van der Waals surface area contributed by atoms with Gasteiger partial charge in [0.15, 0.2) is 25.0 Å². The van der Waals surface area contributed by atoms with Crippen LogP contribution in [0.15, 0.2) is 320 Å². The molecule has 0 saturated carbocycles. The maximum Gasteiger partial charge on any atom is 0.330 e. The summed E-state index contributed by atoms with van der Waals surface area (Å²) in [5, 5.41) is 9.22. The highest BCUT2D eigenvalue weighted by atomic mass is 17.2. The number of aliphatic hydroxyl groups is 1. The lowest BCUT2D eigenvalue weighted by Crippen LogP contribution is -2.28. The number of allylic oxidation sites excluding steroid dienone is 2. The summed E-state index contributed by atoms with van der Waals surface area (Å²) < 4.78 is 52.5. The van der Waals surface area contributed by atoms with Crippen LogP contribution in [-0.4, -0.2) is 132 Å². The van der Waals surface area contributed by atoms with Gasteiger partial charge in [0, 0.05) is 54.1 Å². The van der Waals surface area contributed by atoms with Gasteiger partial charge in [-0.2, -0.15) is 0 Å². The topological polar surface area (TPSA) is 250 Å². The number of aryl methyl sites for hydroxylation is 1. The molecule has 0 spiro atoms. The van der Waals surface area contributed by atoms with Crippen molar-refractivity contribution < 1.29 is 95.8 Å². The predicted octanol–water partition coefficient (Wildman–Crippen LogP) is 19.4. The lowest BCUT2D eigenvalue weighted by molar-refractivity contribution is -0.300. The molecule has 0 bridgehead atoms. The fraction of sp³-hybridized carbons (Fsp3) is 0.279. The van der Waals surface area contributed by atoms with Gasteiger partial charge in [-0.3, -0.25) is 9.59 Å². The third kappa shape index (κ3) is 34.4. The van der Waals surface area contributed by atoms with E-state index in [2.05, 4.69) is 241 Å². The van der Waals surface area contributed by atoms with Crippen molar-refractivity contribution in [3.63, 3.8) is 0 Å². The highest BCUT2D eigenvalue weighted by Gasteiger charge is 2.46. The molecule has 0 radical (unpaired) electrons. The first-order chi connectivity index (χ1) is 59.8. The summed E-state index contributed by atoms with van der Waals surface area (Å²) in [5.41, 5.74) is 14.2. The van der Waals surface area contributed by atoms with Crippen molar-refractivity contribution >= 4 is 41.4 Å². The zero-order chi connectivity index (χ0) is 90.6. The Bertz CT molecular complexity index is 4640. The molecule has 654 valence electrons. The van der Waals surface area contributed by atoms with Crippen LogP contribution in [0, 0.1) is 0 Å². The fourth-order valence-corrected chi connectivity index (χ4v) is 12.5. The summed E-state index contributed by atoms with van der Waals surface area (Å²) in [6.45, 7) is 47.1. The molecule has 124 heavy (non-hydrogen) atoms. The first-order valence-corrected chi connectivity index (χ1v) is 40.7. The molecule has 20 nitrogen and oxygen atoms in total. The lowest BCUT2D eigenvalue weighted by Gasteiger charge is -2.34. The second kappa shape index (κ2) is 55.7. The molecule has 1 aliphatic carbocycles. The number of carbonyl (C=O) groups is 7. The summed E-state index contributed by atoms with van der Waals surface area (Å²) in [4.78, 5) is 86.3. The van der Waals surface area contributed by atoms with Gasteiger partial charge in [0.05, 0.1) is 25.2 Å². The molecule has 0 fully saturated rings. The first kappa shape index (κ1) is 101. The van der Waals surface area contributed by atoms with E-state index in [1.54, 1.807) is 19.1 Å². The SMILES string of the molecule is C=CC(=O)OCC(O)COOCC(=C)C.C=CC(=O)OCCCCCCc1ccc(C(C)(C)c2ccc(CCOC(=O)C=C)cc2)cc1.C=CC(=O)OCCOc1ccc(C2(c3ccc(OCCOC(=O)C=C)cc3)c3ccccc3-c3ccccc32)cc1.C=CCCC(=O)C=C.C=CCOCOc1ccc(C(C)(C)c2ccc(OCC(=O)C=C)cc2)cc1. The highest BCUT2D eigenvalue weighted by molar-refractivity contribution is 5.91. The van der Waals surface area contributed by atoms with E-state index in [4.69, 9.17) is 42.6 Å². The Morgan fingerprint density at radius 1 is 0.387 bits per heavy atom. The number of hydrogen-bond donors (Lipinski definition) is 1. The van der Waals surface area contributed by atoms with Gasteiger partial charge >= 0.3 is 29.8 Å². The van der Waals surface area contributed by atoms with Gasteiger partial charge in [0.1, 0.15) is 75.4 Å². The molecule has 0 amide bonds. The third-order valence-corrected chi connectivity index (χ3v) is 19.3. The molecule has 0 aliphatic heterocycles. The number of carbonyl (C=O) groups excluding carboxylic acids is 7. The maximum absolute atomic E-state index is 11.3. The molecule has 8 aromatic carbocycles. The van der Waals surface area contributed by atoms with Crippen molar-refractivity contribution in [2.75, 3.05) is 79.5 Å². The van der Waals surface area contributed by atoms with Crippen molar-refractivity contribution in [2.45, 2.75) is 108 Å². The third-order valence-electron chi connectivity index (χ3n) is 19.3. The number of unbranched alkanes of at least 4 members (excludes halogenated alkanes) is 3. The molecule has 0 saturated heterocycles. The summed E-state index contributed by atoms with van der Waals surface area (Å²) in [6, 6.07) is 66.3. The van der Waals surface area contributed by atoms with Crippen LogP contribution < -0.4 is 18.9 Å². The molecule has 8 aromatic rings. The van der Waals surface area contributed by atoms with E-state index in [0.29, 0.717) is 49.9 Å². The highest BCUT2D eigenvalue weighted by Crippen LogP contribution is 2.56. The van der Waals surface area contributed by atoms with E-state index in [0.717, 1.165) is 95.9 Å². The Morgan fingerprint density at radius 2 is 0.782 bits per heavy atom. The maximum atomic E-state index is 11.3. The van der Waals surface area contributed by atoms with Gasteiger partial charge in [-0.05, 0) is 160 Å². The molecule has 1 atom stereocenters. The molecule has 1 N–H and O–H groups in total. The number of esters is 5. The molecule has 0 heterocycles. The van der Waals surface area contributed by atoms with Crippen LogP contribution in [0.25, 0.3) is 11.1 Å². The first-order valence-electron chi connectivity index (χ1n) is 40.7. The Hall–Kier alpha value is -13.1. The number of fused-ring (bicyclic) bond motifs is 3. The van der Waals surface area contributed by atoms with Crippen molar-refractivity contribution in [1.29, 1.82) is 0 Å². The zero-order valence-electron chi connectivity index (χ0n) is 72.2. The minimum Gasteiger partial charge on any atom is -0.490 e. The monoisotopic (exact) mass is 1690 g/mol. The van der Waals surface area contributed by atoms with Crippen LogP contribution in [0.1, 0.15) is 129 Å². The van der Waals surface area contributed by atoms with E-state index < -0.39 is 29.4 Å². The second-order valence-electron chi connectivity index (χ2n) is 29.1. The van der Waals surface area contributed by atoms with Crippen molar-refractivity contribution in [1.82, 2.24) is 0 Å². The van der Waals surface area contributed by atoms with Crippen LogP contribution in [0.5, 0.6) is 23.0 Å². The normalized spacial score (nSPS) is 11.3. The molecule has 1 unspecified atom stereocenters. The summed E-state index contributed by atoms with van der Waals surface area (Å²) >= 11 is 0. The number of ketones is 2. The Morgan fingerprint density at radius 3 is 1.22 bits per heavy atom. The van der Waals surface area contributed by atoms with Gasteiger partial charge in [-0.25, -0.2) is 33.7 Å². The molecular formula is C104H118O20. The van der Waals surface area contributed by atoms with Crippen LogP contribution in [0.4, 0.5) is 0 Å². The van der Waals surface area contributed by atoms with Crippen molar-refractivity contribution in [3.05, 3.63) is 376 Å². The van der Waals surface area contributed by atoms with E-state index in [9.17, 15) is 38.7 Å². The smallest absolute Gasteiger partial charge is 0.330 e. The zero-order valence-corrected chi connectivity index (χ0v) is 72.2. The summed E-state index contributed by atoms with van der Waals surface area (Å²) in [6.07, 6.45) is 18.0. The van der Waals surface area contributed by atoms with Crippen LogP contribution in [0.3, 0.4) is 0 Å². The Labute approximate surface area is 731 Å². The molecule has 1 aliphatic rings. The Kier molecular flexibility index (Phi) is 45.6. The number of benzene rings is 8. The molecule has 20 heteroatoms. The lowest BCUT2D eigenvalue weighted by atomic mass is 9.68. The largest absolute Gasteiger partial charge is 0.490 e. The van der Waals surface area contributed by atoms with Gasteiger partial charge in [-0.15, -0.1) is 13.2 Å². The Balaban J connectivity index is 0.000000297. The average molecular weight is 1690 g/mol. The van der Waals surface area contributed by atoms with E-state index in [-0.39, 0.29) is 94.0 Å². The van der Waals surface area contributed by atoms with Gasteiger partial charge < -0.3 is 52.5 Å². The van der Waals surface area contributed by atoms with E-state index in [1.807, 2.05) is 60.7 Å².